The highest BCUT2D eigenvalue weighted by Crippen LogP contribution is 2.17. The zero-order valence-corrected chi connectivity index (χ0v) is 14.3. The first-order valence-electron chi connectivity index (χ1n) is 7.82. The quantitative estimate of drug-likeness (QED) is 0.814. The summed E-state index contributed by atoms with van der Waals surface area (Å²) in [7, 11) is 1.87. The SMILES string of the molecule is CSc1ccc(CN(C)C(=O)CN2CCC(CO)CC2)cc1. The second-order valence-electron chi connectivity index (χ2n) is 6.00. The lowest BCUT2D eigenvalue weighted by molar-refractivity contribution is -0.132. The van der Waals surface area contributed by atoms with Gasteiger partial charge in [-0.05, 0) is 55.8 Å². The minimum atomic E-state index is 0.163. The fraction of sp³-hybridized carbons (Fsp3) is 0.588. The number of rotatable bonds is 6. The van der Waals surface area contributed by atoms with E-state index >= 15 is 0 Å². The van der Waals surface area contributed by atoms with Gasteiger partial charge in [0.2, 0.25) is 5.91 Å². The largest absolute Gasteiger partial charge is 0.396 e. The van der Waals surface area contributed by atoms with Gasteiger partial charge < -0.3 is 10.0 Å². The van der Waals surface area contributed by atoms with E-state index in [2.05, 4.69) is 35.4 Å². The fourth-order valence-corrected chi connectivity index (χ4v) is 3.14. The number of likely N-dealkylation sites (tertiary alicyclic amines) is 1. The van der Waals surface area contributed by atoms with Crippen LogP contribution in [0.5, 0.6) is 0 Å². The minimum Gasteiger partial charge on any atom is -0.396 e. The number of aliphatic hydroxyl groups is 1. The summed E-state index contributed by atoms with van der Waals surface area (Å²) < 4.78 is 0. The van der Waals surface area contributed by atoms with Crippen LogP contribution in [0.3, 0.4) is 0 Å². The number of thioether (sulfide) groups is 1. The molecule has 0 aliphatic carbocycles. The molecule has 1 N–H and O–H groups in total. The fourth-order valence-electron chi connectivity index (χ4n) is 2.73. The maximum absolute atomic E-state index is 12.3. The van der Waals surface area contributed by atoms with Crippen LogP contribution in [0.15, 0.2) is 29.2 Å². The standard InChI is InChI=1S/C17H26N2O2S/c1-18(11-14-3-5-16(22-2)6-4-14)17(21)12-19-9-7-15(13-20)8-10-19/h3-6,15,20H,7-13H2,1-2H3. The average molecular weight is 322 g/mol. The van der Waals surface area contributed by atoms with Crippen molar-refractivity contribution in [2.45, 2.75) is 24.3 Å². The zero-order valence-electron chi connectivity index (χ0n) is 13.5. The van der Waals surface area contributed by atoms with Crippen molar-refractivity contribution in [2.24, 2.45) is 5.92 Å². The van der Waals surface area contributed by atoms with Crippen LogP contribution in [0, 0.1) is 5.92 Å². The molecule has 0 atom stereocenters. The number of likely N-dealkylation sites (N-methyl/N-ethyl adjacent to an activating group) is 1. The molecule has 1 aliphatic rings. The Bertz CT molecular complexity index is 470. The van der Waals surface area contributed by atoms with E-state index in [0.29, 0.717) is 19.0 Å². The van der Waals surface area contributed by atoms with Crippen LogP contribution >= 0.6 is 11.8 Å². The maximum Gasteiger partial charge on any atom is 0.236 e. The van der Waals surface area contributed by atoms with E-state index in [9.17, 15) is 4.79 Å². The van der Waals surface area contributed by atoms with Gasteiger partial charge in [-0.1, -0.05) is 12.1 Å². The number of piperidine rings is 1. The number of amides is 1. The predicted octanol–water partition coefficient (Wildman–Crippen LogP) is 2.07. The first-order valence-corrected chi connectivity index (χ1v) is 9.05. The van der Waals surface area contributed by atoms with E-state index in [0.717, 1.165) is 31.5 Å². The minimum absolute atomic E-state index is 0.163. The van der Waals surface area contributed by atoms with E-state index in [1.807, 2.05) is 7.05 Å². The normalized spacial score (nSPS) is 16.7. The van der Waals surface area contributed by atoms with Crippen molar-refractivity contribution in [1.29, 1.82) is 0 Å². The molecule has 1 heterocycles. The average Bonchev–Trinajstić information content (AvgIpc) is 2.56. The summed E-state index contributed by atoms with van der Waals surface area (Å²) >= 11 is 1.72. The number of carbonyl (C=O) groups excluding carboxylic acids is 1. The number of aliphatic hydroxyl groups excluding tert-OH is 1. The van der Waals surface area contributed by atoms with Gasteiger partial charge in [-0.3, -0.25) is 9.69 Å². The number of nitrogens with zero attached hydrogens (tertiary/aromatic N) is 2. The molecule has 0 bridgehead atoms. The Hall–Kier alpha value is -1.04. The van der Waals surface area contributed by atoms with Gasteiger partial charge >= 0.3 is 0 Å². The summed E-state index contributed by atoms with van der Waals surface area (Å²) in [6.07, 6.45) is 4.04. The summed E-state index contributed by atoms with van der Waals surface area (Å²) in [5.74, 6) is 0.579. The van der Waals surface area contributed by atoms with Crippen LogP contribution in [0.4, 0.5) is 0 Å². The van der Waals surface area contributed by atoms with Crippen LogP contribution in [-0.2, 0) is 11.3 Å². The highest BCUT2D eigenvalue weighted by Gasteiger charge is 2.21. The van der Waals surface area contributed by atoms with Crippen LogP contribution in [0.25, 0.3) is 0 Å². The molecule has 1 amide bonds. The molecule has 1 aromatic rings. The molecule has 1 aliphatic heterocycles. The van der Waals surface area contributed by atoms with Gasteiger partial charge in [0.1, 0.15) is 0 Å². The van der Waals surface area contributed by atoms with Crippen molar-refractivity contribution < 1.29 is 9.90 Å². The van der Waals surface area contributed by atoms with Crippen molar-refractivity contribution in [3.8, 4) is 0 Å². The van der Waals surface area contributed by atoms with Crippen molar-refractivity contribution in [1.82, 2.24) is 9.80 Å². The maximum atomic E-state index is 12.3. The molecule has 1 fully saturated rings. The highest BCUT2D eigenvalue weighted by molar-refractivity contribution is 7.98. The van der Waals surface area contributed by atoms with E-state index in [-0.39, 0.29) is 12.5 Å². The molecule has 0 unspecified atom stereocenters. The van der Waals surface area contributed by atoms with Gasteiger partial charge in [-0.2, -0.15) is 0 Å². The molecule has 1 aromatic carbocycles. The molecule has 0 radical (unpaired) electrons. The summed E-state index contributed by atoms with van der Waals surface area (Å²) in [5, 5.41) is 9.15. The first kappa shape index (κ1) is 17.3. The van der Waals surface area contributed by atoms with Gasteiger partial charge in [0.25, 0.3) is 0 Å². The Morgan fingerprint density at radius 2 is 1.95 bits per heavy atom. The van der Waals surface area contributed by atoms with Crippen LogP contribution in [0.1, 0.15) is 18.4 Å². The summed E-state index contributed by atoms with van der Waals surface area (Å²) in [5.41, 5.74) is 1.16. The Kier molecular flexibility index (Phi) is 6.73. The van der Waals surface area contributed by atoms with E-state index in [4.69, 9.17) is 5.11 Å². The third-order valence-corrected chi connectivity index (χ3v) is 5.07. The second-order valence-corrected chi connectivity index (χ2v) is 6.88. The van der Waals surface area contributed by atoms with Crippen LogP contribution in [0.2, 0.25) is 0 Å². The molecule has 1 saturated heterocycles. The van der Waals surface area contributed by atoms with Crippen LogP contribution < -0.4 is 0 Å². The zero-order chi connectivity index (χ0) is 15.9. The number of hydrogen-bond donors (Lipinski definition) is 1. The van der Waals surface area contributed by atoms with Crippen LogP contribution in [-0.4, -0.2) is 60.4 Å². The van der Waals surface area contributed by atoms with E-state index in [1.165, 1.54) is 4.90 Å². The molecule has 122 valence electrons. The summed E-state index contributed by atoms with van der Waals surface area (Å²) in [6, 6.07) is 8.36. The van der Waals surface area contributed by atoms with Crippen molar-refractivity contribution in [2.75, 3.05) is 39.5 Å². The van der Waals surface area contributed by atoms with E-state index < -0.39 is 0 Å². The number of hydrogen-bond acceptors (Lipinski definition) is 4. The Balaban J connectivity index is 1.79. The summed E-state index contributed by atoms with van der Waals surface area (Å²) in [4.78, 5) is 17.6. The smallest absolute Gasteiger partial charge is 0.236 e. The van der Waals surface area contributed by atoms with Crippen molar-refractivity contribution in [3.05, 3.63) is 29.8 Å². The lowest BCUT2D eigenvalue weighted by atomic mass is 9.98. The topological polar surface area (TPSA) is 43.8 Å². The number of benzene rings is 1. The van der Waals surface area contributed by atoms with Gasteiger partial charge in [0.15, 0.2) is 0 Å². The summed E-state index contributed by atoms with van der Waals surface area (Å²) in [6.45, 7) is 3.23. The molecule has 0 saturated carbocycles. The molecule has 5 heteroatoms. The first-order chi connectivity index (χ1) is 10.6. The Labute approximate surface area is 137 Å². The Morgan fingerprint density at radius 3 is 2.50 bits per heavy atom. The molecular weight excluding hydrogens is 296 g/mol. The molecule has 0 aromatic heterocycles. The van der Waals surface area contributed by atoms with Gasteiger partial charge in [-0.25, -0.2) is 0 Å². The highest BCUT2D eigenvalue weighted by atomic mass is 32.2. The monoisotopic (exact) mass is 322 g/mol. The lowest BCUT2D eigenvalue weighted by Crippen LogP contribution is -2.42. The molecule has 0 spiro atoms. The van der Waals surface area contributed by atoms with Gasteiger partial charge in [-0.15, -0.1) is 11.8 Å². The Morgan fingerprint density at radius 1 is 1.32 bits per heavy atom. The van der Waals surface area contributed by atoms with Crippen molar-refractivity contribution >= 4 is 17.7 Å². The number of carbonyl (C=O) groups is 1. The second kappa shape index (κ2) is 8.56. The third-order valence-electron chi connectivity index (χ3n) is 4.33. The van der Waals surface area contributed by atoms with Gasteiger partial charge in [0.05, 0.1) is 6.54 Å². The van der Waals surface area contributed by atoms with Gasteiger partial charge in [0, 0.05) is 25.1 Å². The van der Waals surface area contributed by atoms with Crippen molar-refractivity contribution in [3.63, 3.8) is 0 Å². The molecule has 4 nitrogen and oxygen atoms in total. The molecular formula is C17H26N2O2S. The third kappa shape index (κ3) is 5.00. The molecule has 2 rings (SSSR count). The predicted molar refractivity (Wildman–Crippen MR) is 90.9 cm³/mol. The molecule has 22 heavy (non-hydrogen) atoms. The van der Waals surface area contributed by atoms with E-state index in [1.54, 1.807) is 16.7 Å². The lowest BCUT2D eigenvalue weighted by Gasteiger charge is -2.31.